The molecule has 0 saturated heterocycles. The smallest absolute Gasteiger partial charge is 0.110 e. The zero-order chi connectivity index (χ0) is 6.95. The molecule has 0 spiro atoms. The fraction of sp³-hybridized carbons (Fsp3) is 0.750. The molecule has 9 heavy (non-hydrogen) atoms. The summed E-state index contributed by atoms with van der Waals surface area (Å²) in [5.74, 6) is 2.83. The minimum absolute atomic E-state index is 0.781. The molecule has 0 amide bonds. The van der Waals surface area contributed by atoms with Gasteiger partial charge in [-0.25, -0.2) is 0 Å². The van der Waals surface area contributed by atoms with E-state index in [4.69, 9.17) is 4.74 Å². The van der Waals surface area contributed by atoms with Crippen molar-refractivity contribution in [2.75, 3.05) is 6.61 Å². The van der Waals surface area contributed by atoms with Crippen molar-refractivity contribution in [3.05, 3.63) is 0 Å². The maximum atomic E-state index is 4.95. The summed E-state index contributed by atoms with van der Waals surface area (Å²) in [7, 11) is 0. The van der Waals surface area contributed by atoms with E-state index in [2.05, 4.69) is 19.0 Å². The maximum absolute atomic E-state index is 4.95. The van der Waals surface area contributed by atoms with E-state index in [0.717, 1.165) is 19.4 Å². The van der Waals surface area contributed by atoms with E-state index in [1.165, 1.54) is 6.42 Å². The van der Waals surface area contributed by atoms with Crippen LogP contribution in [0.2, 0.25) is 0 Å². The number of ether oxygens (including phenoxy) is 1. The highest BCUT2D eigenvalue weighted by Crippen LogP contribution is 1.85. The summed E-state index contributed by atoms with van der Waals surface area (Å²) < 4.78 is 4.95. The maximum Gasteiger partial charge on any atom is 0.110 e. The molecule has 0 aromatic heterocycles. The molecule has 0 bridgehead atoms. The van der Waals surface area contributed by atoms with Gasteiger partial charge in [0.15, 0.2) is 0 Å². The first-order chi connectivity index (χ1) is 4.41. The number of unbranched alkanes of at least 4 members (excludes halogenated alkanes) is 1. The van der Waals surface area contributed by atoms with Crippen LogP contribution in [0.25, 0.3) is 0 Å². The highest BCUT2D eigenvalue weighted by Gasteiger charge is 1.78. The Morgan fingerprint density at radius 1 is 1.33 bits per heavy atom. The van der Waals surface area contributed by atoms with Gasteiger partial charge in [0.25, 0.3) is 0 Å². The average molecular weight is 126 g/mol. The first-order valence-corrected chi connectivity index (χ1v) is 3.51. The summed E-state index contributed by atoms with van der Waals surface area (Å²) in [6, 6.07) is 0. The molecule has 52 valence electrons. The second-order valence-corrected chi connectivity index (χ2v) is 1.83. The Labute approximate surface area is 57.4 Å². The molecule has 0 fully saturated rings. The molecule has 0 aliphatic rings. The summed E-state index contributed by atoms with van der Waals surface area (Å²) in [6.45, 7) is 4.93. The molecule has 1 nitrogen and oxygen atoms in total. The zero-order valence-electron chi connectivity index (χ0n) is 6.24. The molecule has 0 atom stereocenters. The van der Waals surface area contributed by atoms with Crippen LogP contribution < -0.4 is 0 Å². The van der Waals surface area contributed by atoms with E-state index in [0.29, 0.717) is 0 Å². The second-order valence-electron chi connectivity index (χ2n) is 1.83. The van der Waals surface area contributed by atoms with Crippen LogP contribution in [0.15, 0.2) is 0 Å². The summed E-state index contributed by atoms with van der Waals surface area (Å²) in [6.07, 6.45) is 5.78. The van der Waals surface area contributed by atoms with Gasteiger partial charge in [0, 0.05) is 6.42 Å². The van der Waals surface area contributed by atoms with Crippen molar-refractivity contribution < 1.29 is 4.74 Å². The van der Waals surface area contributed by atoms with Crippen LogP contribution in [0.5, 0.6) is 0 Å². The molecule has 0 saturated carbocycles. The fourth-order valence-corrected chi connectivity index (χ4v) is 0.391. The molecule has 0 unspecified atom stereocenters. The van der Waals surface area contributed by atoms with Gasteiger partial charge in [-0.2, -0.15) is 0 Å². The highest BCUT2D eigenvalue weighted by atomic mass is 16.5. The van der Waals surface area contributed by atoms with Gasteiger partial charge in [-0.15, -0.1) is 0 Å². The summed E-state index contributed by atoms with van der Waals surface area (Å²) >= 11 is 0. The lowest BCUT2D eigenvalue weighted by atomic mass is 10.4. The number of hydrogen-bond donors (Lipinski definition) is 0. The number of hydrogen-bond acceptors (Lipinski definition) is 1. The van der Waals surface area contributed by atoms with Gasteiger partial charge in [-0.1, -0.05) is 26.2 Å². The average Bonchev–Trinajstić information content (AvgIpc) is 1.89. The summed E-state index contributed by atoms with van der Waals surface area (Å²) in [5, 5.41) is 0. The first kappa shape index (κ1) is 8.36. The van der Waals surface area contributed by atoms with Crippen LogP contribution in [0.1, 0.15) is 33.1 Å². The third kappa shape index (κ3) is 7.36. The summed E-state index contributed by atoms with van der Waals surface area (Å²) in [4.78, 5) is 0. The van der Waals surface area contributed by atoms with Crippen molar-refractivity contribution in [2.24, 2.45) is 0 Å². The van der Waals surface area contributed by atoms with Gasteiger partial charge in [0.2, 0.25) is 0 Å². The van der Waals surface area contributed by atoms with E-state index < -0.39 is 0 Å². The van der Waals surface area contributed by atoms with E-state index in [1.807, 2.05) is 6.92 Å². The molecule has 0 aromatic carbocycles. The lowest BCUT2D eigenvalue weighted by Gasteiger charge is -1.91. The van der Waals surface area contributed by atoms with E-state index in [1.54, 1.807) is 0 Å². The molecular formula is C8H14O. The lowest BCUT2D eigenvalue weighted by molar-refractivity contribution is 0.270. The van der Waals surface area contributed by atoms with Crippen LogP contribution in [0.4, 0.5) is 0 Å². The lowest BCUT2D eigenvalue weighted by Crippen LogP contribution is -1.84. The third-order valence-corrected chi connectivity index (χ3v) is 0.921. The van der Waals surface area contributed by atoms with Crippen molar-refractivity contribution in [1.29, 1.82) is 0 Å². The standard InChI is InChI=1S/C8H14O/c1-3-5-7-9-8-6-4-2/h3-5,7H2,1-2H3. The first-order valence-electron chi connectivity index (χ1n) is 3.51. The Bertz CT molecular complexity index is 96.9. The molecule has 1 heteroatoms. The fourth-order valence-electron chi connectivity index (χ4n) is 0.391. The topological polar surface area (TPSA) is 9.23 Å². The molecule has 0 aromatic rings. The monoisotopic (exact) mass is 126 g/mol. The van der Waals surface area contributed by atoms with Crippen LogP contribution in [0, 0.1) is 12.0 Å². The Hall–Kier alpha value is -0.640. The Morgan fingerprint density at radius 3 is 2.67 bits per heavy atom. The molecule has 0 aliphatic heterocycles. The molecular weight excluding hydrogens is 112 g/mol. The van der Waals surface area contributed by atoms with Gasteiger partial charge >= 0.3 is 0 Å². The van der Waals surface area contributed by atoms with Gasteiger partial charge in [-0.05, 0) is 6.42 Å². The third-order valence-electron chi connectivity index (χ3n) is 0.921. The second kappa shape index (κ2) is 7.36. The molecule has 0 aliphatic carbocycles. The van der Waals surface area contributed by atoms with Crippen molar-refractivity contribution in [3.63, 3.8) is 0 Å². The van der Waals surface area contributed by atoms with Gasteiger partial charge in [0.05, 0.1) is 0 Å². The van der Waals surface area contributed by atoms with Crippen LogP contribution in [-0.2, 0) is 4.74 Å². The molecule has 0 rings (SSSR count). The van der Waals surface area contributed by atoms with Crippen LogP contribution in [-0.4, -0.2) is 6.61 Å². The minimum atomic E-state index is 0.781. The van der Waals surface area contributed by atoms with Gasteiger partial charge < -0.3 is 4.74 Å². The molecule has 0 heterocycles. The highest BCUT2D eigenvalue weighted by molar-refractivity contribution is 4.89. The minimum Gasteiger partial charge on any atom is -0.447 e. The van der Waals surface area contributed by atoms with Gasteiger partial charge in [0.1, 0.15) is 12.7 Å². The van der Waals surface area contributed by atoms with E-state index >= 15 is 0 Å². The predicted molar refractivity (Wildman–Crippen MR) is 38.9 cm³/mol. The van der Waals surface area contributed by atoms with E-state index in [-0.39, 0.29) is 0 Å². The quantitative estimate of drug-likeness (QED) is 0.416. The largest absolute Gasteiger partial charge is 0.447 e. The summed E-state index contributed by atoms with van der Waals surface area (Å²) in [5.41, 5.74) is 0. The van der Waals surface area contributed by atoms with Crippen LogP contribution >= 0.6 is 0 Å². The number of rotatable bonds is 3. The SMILES string of the molecule is CCC#COCCCC. The van der Waals surface area contributed by atoms with Crippen molar-refractivity contribution in [1.82, 2.24) is 0 Å². The van der Waals surface area contributed by atoms with Crippen molar-refractivity contribution in [3.8, 4) is 12.0 Å². The molecule has 0 N–H and O–H groups in total. The van der Waals surface area contributed by atoms with Gasteiger partial charge in [-0.3, -0.25) is 0 Å². The predicted octanol–water partition coefficient (Wildman–Crippen LogP) is 2.17. The van der Waals surface area contributed by atoms with Crippen molar-refractivity contribution in [2.45, 2.75) is 33.1 Å². The molecule has 0 radical (unpaired) electrons. The van der Waals surface area contributed by atoms with Crippen molar-refractivity contribution >= 4 is 0 Å². The normalized spacial score (nSPS) is 7.78. The Morgan fingerprint density at radius 2 is 2.11 bits per heavy atom. The zero-order valence-corrected chi connectivity index (χ0v) is 6.24. The Kier molecular flexibility index (Phi) is 6.84. The van der Waals surface area contributed by atoms with E-state index in [9.17, 15) is 0 Å². The van der Waals surface area contributed by atoms with Crippen LogP contribution in [0.3, 0.4) is 0 Å². The Balaban J connectivity index is 2.90.